The third-order valence-electron chi connectivity index (χ3n) is 8.58. The number of hydrogen-bond donors (Lipinski definition) is 2. The van der Waals surface area contributed by atoms with Crippen LogP contribution < -0.4 is 5.32 Å². The van der Waals surface area contributed by atoms with E-state index in [1.807, 2.05) is 30.3 Å². The Hall–Kier alpha value is -3.62. The Morgan fingerprint density at radius 3 is 2.77 bits per heavy atom. The Kier molecular flexibility index (Phi) is 7.86. The zero-order valence-electron chi connectivity index (χ0n) is 23.8. The van der Waals surface area contributed by atoms with Crippen LogP contribution in [0.4, 0.5) is 0 Å². The van der Waals surface area contributed by atoms with Gasteiger partial charge in [-0.05, 0) is 38.5 Å². The van der Waals surface area contributed by atoms with Crippen molar-refractivity contribution < 1.29 is 33.8 Å². The van der Waals surface area contributed by atoms with Crippen LogP contribution in [0.2, 0.25) is 0 Å². The van der Waals surface area contributed by atoms with Crippen LogP contribution >= 0.6 is 15.9 Å². The van der Waals surface area contributed by atoms with Gasteiger partial charge in [0.1, 0.15) is 42.0 Å². The molecular formula is C29H33BrN6O7. The van der Waals surface area contributed by atoms with Crippen LogP contribution in [0, 0.1) is 11.8 Å². The molecule has 7 atom stereocenters. The van der Waals surface area contributed by atoms with Crippen molar-refractivity contribution in [3.63, 3.8) is 0 Å². The van der Waals surface area contributed by atoms with E-state index in [0.717, 1.165) is 5.52 Å². The summed E-state index contributed by atoms with van der Waals surface area (Å²) in [6.45, 7) is 3.18. The van der Waals surface area contributed by atoms with Crippen molar-refractivity contribution in [3.05, 3.63) is 47.0 Å². The number of esters is 1. The maximum Gasteiger partial charge on any atom is 0.313 e. The number of aromatic nitrogens is 3. The Morgan fingerprint density at radius 2 is 1.98 bits per heavy atom. The molecule has 0 unspecified atom stereocenters. The number of allylic oxidation sites excluding steroid dienone is 1. The predicted molar refractivity (Wildman–Crippen MR) is 155 cm³/mol. The molecule has 43 heavy (non-hydrogen) atoms. The number of amides is 3. The number of nitrogens with one attached hydrogen (secondary N) is 1. The molecule has 4 aliphatic rings. The van der Waals surface area contributed by atoms with Gasteiger partial charge in [-0.1, -0.05) is 45.4 Å². The Bertz CT molecular complexity index is 1530. The van der Waals surface area contributed by atoms with Gasteiger partial charge in [-0.3, -0.25) is 19.2 Å². The number of para-hydroxylation sites is 1. The summed E-state index contributed by atoms with van der Waals surface area (Å²) in [4.78, 5) is 57.7. The highest BCUT2D eigenvalue weighted by atomic mass is 79.9. The molecule has 5 heterocycles. The van der Waals surface area contributed by atoms with Crippen LogP contribution in [0.3, 0.4) is 0 Å². The average molecular weight is 658 g/mol. The summed E-state index contributed by atoms with van der Waals surface area (Å²) in [5, 5.41) is 21.4. The monoisotopic (exact) mass is 656 g/mol. The second-order valence-corrected chi connectivity index (χ2v) is 12.4. The predicted octanol–water partition coefficient (Wildman–Crippen LogP) is 0.869. The number of hydrogen-bond acceptors (Lipinski definition) is 9. The minimum absolute atomic E-state index is 0.00819. The summed E-state index contributed by atoms with van der Waals surface area (Å²) in [5.41, 5.74) is -0.0914. The minimum Gasteiger partial charge on any atom is -0.460 e. The number of aliphatic hydroxyl groups excluding tert-OH is 1. The van der Waals surface area contributed by atoms with Gasteiger partial charge >= 0.3 is 5.97 Å². The number of cyclic esters (lactones) is 1. The molecule has 14 heteroatoms. The van der Waals surface area contributed by atoms with Crippen molar-refractivity contribution in [1.82, 2.24) is 30.1 Å². The fourth-order valence-electron chi connectivity index (χ4n) is 6.54. The molecule has 0 radical (unpaired) electrons. The standard InChI is InChI=1S/C29H33BrN6O7/c1-16(14-37)36-25-27(40)34(15-35-20-9-6-5-8-19(20)32-33-35)11-7-3-4-10-21(38)31-13-17(2)42-28(41)22-23(26(36)39)29(25)12-18(30)24(22)43-29/h3,5-9,12,16-17,22-25,37H,4,10-11,13-15H2,1-2H3,(H,31,38)/b7-3-/t16-,17+,22-,23+,24-,25-,29+/m1/s1. The SMILES string of the molecule is C[C@H](CO)N1C(=O)[C@@H]2[C@H]3C(=O)O[C@@H](C)CNC(=O)CC/C=C\CN(Cn4nnc5ccccc54)C(=O)[C@@H]1[C@]21C=C(Br)[C@H]3O1. The average Bonchev–Trinajstić information content (AvgIpc) is 3.71. The van der Waals surface area contributed by atoms with E-state index in [0.29, 0.717) is 16.4 Å². The van der Waals surface area contributed by atoms with Crippen LogP contribution in [-0.4, -0.2) is 103 Å². The number of aliphatic hydroxyl groups is 1. The first-order valence-electron chi connectivity index (χ1n) is 14.3. The van der Waals surface area contributed by atoms with Crippen LogP contribution in [-0.2, 0) is 35.3 Å². The smallest absolute Gasteiger partial charge is 0.313 e. The minimum atomic E-state index is -1.47. The molecule has 1 spiro atoms. The van der Waals surface area contributed by atoms with E-state index in [2.05, 4.69) is 31.6 Å². The lowest BCUT2D eigenvalue weighted by Gasteiger charge is -2.37. The number of likely N-dealkylation sites (tertiary alicyclic amines) is 1. The van der Waals surface area contributed by atoms with Crippen molar-refractivity contribution in [2.75, 3.05) is 19.7 Å². The molecular weight excluding hydrogens is 624 g/mol. The molecule has 2 N–H and O–H groups in total. The number of ether oxygens (including phenoxy) is 2. The molecule has 1 aromatic heterocycles. The lowest BCUT2D eigenvalue weighted by atomic mass is 9.74. The molecule has 3 amide bonds. The second-order valence-electron chi connectivity index (χ2n) is 11.4. The Balaban J connectivity index is 1.44. The summed E-state index contributed by atoms with van der Waals surface area (Å²) < 4.78 is 14.3. The van der Waals surface area contributed by atoms with E-state index in [-0.39, 0.29) is 32.1 Å². The first-order valence-corrected chi connectivity index (χ1v) is 15.1. The first kappa shape index (κ1) is 29.5. The fourth-order valence-corrected chi connectivity index (χ4v) is 7.28. The molecule has 228 valence electrons. The lowest BCUT2D eigenvalue weighted by molar-refractivity contribution is -0.159. The van der Waals surface area contributed by atoms with Crippen molar-refractivity contribution in [2.24, 2.45) is 11.8 Å². The molecule has 6 rings (SSSR count). The Labute approximate surface area is 256 Å². The van der Waals surface area contributed by atoms with E-state index in [1.165, 1.54) is 9.80 Å². The van der Waals surface area contributed by atoms with Crippen molar-refractivity contribution >= 4 is 50.7 Å². The quantitative estimate of drug-likeness (QED) is 0.360. The number of nitrogens with zero attached hydrogens (tertiary/aromatic N) is 5. The summed E-state index contributed by atoms with van der Waals surface area (Å²) in [5.74, 6) is -3.84. The fraction of sp³-hybridized carbons (Fsp3) is 0.517. The zero-order chi connectivity index (χ0) is 30.5. The summed E-state index contributed by atoms with van der Waals surface area (Å²) in [6, 6.07) is 5.45. The maximum atomic E-state index is 14.7. The van der Waals surface area contributed by atoms with E-state index >= 15 is 0 Å². The van der Waals surface area contributed by atoms with Gasteiger partial charge in [0.25, 0.3) is 5.91 Å². The molecule has 2 fully saturated rings. The summed E-state index contributed by atoms with van der Waals surface area (Å²) >= 11 is 3.52. The van der Waals surface area contributed by atoms with Gasteiger partial charge in [0.2, 0.25) is 11.8 Å². The lowest BCUT2D eigenvalue weighted by Crippen LogP contribution is -2.58. The normalized spacial score (nSPS) is 32.9. The van der Waals surface area contributed by atoms with Crippen LogP contribution in [0.1, 0.15) is 26.7 Å². The number of fused-ring (bicyclic) bond motifs is 3. The second kappa shape index (κ2) is 11.5. The molecule has 2 aromatic rings. The van der Waals surface area contributed by atoms with Crippen LogP contribution in [0.15, 0.2) is 47.0 Å². The van der Waals surface area contributed by atoms with Crippen molar-refractivity contribution in [3.8, 4) is 0 Å². The molecule has 4 aliphatic heterocycles. The van der Waals surface area contributed by atoms with Gasteiger partial charge in [-0.25, -0.2) is 4.68 Å². The number of halogens is 1. The van der Waals surface area contributed by atoms with Gasteiger partial charge in [0.05, 0.1) is 30.6 Å². The highest BCUT2D eigenvalue weighted by Gasteiger charge is 2.75. The highest BCUT2D eigenvalue weighted by Crippen LogP contribution is 2.59. The Morgan fingerprint density at radius 1 is 1.19 bits per heavy atom. The molecule has 13 nitrogen and oxygen atoms in total. The number of carbonyl (C=O) groups is 4. The third kappa shape index (κ3) is 4.94. The van der Waals surface area contributed by atoms with E-state index < -0.39 is 66.1 Å². The molecule has 0 aliphatic carbocycles. The number of benzene rings is 1. The van der Waals surface area contributed by atoms with E-state index in [9.17, 15) is 24.3 Å². The van der Waals surface area contributed by atoms with Gasteiger partial charge in [-0.2, -0.15) is 0 Å². The number of carbonyl (C=O) groups excluding carboxylic acids is 4. The topological polar surface area (TPSA) is 156 Å². The molecule has 0 saturated carbocycles. The van der Waals surface area contributed by atoms with Crippen molar-refractivity contribution in [1.29, 1.82) is 0 Å². The summed E-state index contributed by atoms with van der Waals surface area (Å²) in [6.07, 6.45) is 4.50. The van der Waals surface area contributed by atoms with Gasteiger partial charge in [0, 0.05) is 17.4 Å². The van der Waals surface area contributed by atoms with E-state index in [4.69, 9.17) is 9.47 Å². The summed E-state index contributed by atoms with van der Waals surface area (Å²) in [7, 11) is 0. The van der Waals surface area contributed by atoms with Gasteiger partial charge in [-0.15, -0.1) is 5.10 Å². The number of rotatable bonds is 4. The highest BCUT2D eigenvalue weighted by molar-refractivity contribution is 9.11. The first-order chi connectivity index (χ1) is 20.7. The maximum absolute atomic E-state index is 14.7. The molecule has 2 saturated heterocycles. The van der Waals surface area contributed by atoms with Gasteiger partial charge in [0.15, 0.2) is 0 Å². The van der Waals surface area contributed by atoms with E-state index in [1.54, 1.807) is 30.7 Å². The molecule has 5 bridgehead atoms. The van der Waals surface area contributed by atoms with Gasteiger partial charge < -0.3 is 29.7 Å². The third-order valence-corrected chi connectivity index (χ3v) is 9.26. The van der Waals surface area contributed by atoms with Crippen LogP contribution in [0.25, 0.3) is 11.0 Å². The molecule has 1 aromatic carbocycles. The van der Waals surface area contributed by atoms with Crippen LogP contribution in [0.5, 0.6) is 0 Å². The zero-order valence-corrected chi connectivity index (χ0v) is 25.3. The largest absolute Gasteiger partial charge is 0.460 e. The van der Waals surface area contributed by atoms with Crippen molar-refractivity contribution in [2.45, 2.75) is 63.3 Å².